The van der Waals surface area contributed by atoms with Crippen molar-refractivity contribution in [3.63, 3.8) is 0 Å². The van der Waals surface area contributed by atoms with Gasteiger partial charge in [0.15, 0.2) is 0 Å². The van der Waals surface area contributed by atoms with Crippen LogP contribution in [-0.2, 0) is 16.2 Å². The molecule has 0 aromatic heterocycles. The molecule has 1 aromatic carbocycles. The fourth-order valence-corrected chi connectivity index (χ4v) is 2.96. The fraction of sp³-hybridized carbons (Fsp3) is 0.500. The van der Waals surface area contributed by atoms with Gasteiger partial charge in [-0.05, 0) is 31.5 Å². The largest absolute Gasteiger partial charge is 0.416 e. The monoisotopic (exact) mass is 311 g/mol. The van der Waals surface area contributed by atoms with Crippen LogP contribution < -0.4 is 0 Å². The summed E-state index contributed by atoms with van der Waals surface area (Å²) >= 11 is 0. The fourth-order valence-electron chi connectivity index (χ4n) is 1.59. The van der Waals surface area contributed by atoms with E-state index >= 15 is 0 Å². The third kappa shape index (κ3) is 3.31. The molecule has 0 fully saturated rings. The van der Waals surface area contributed by atoms with E-state index in [2.05, 4.69) is 0 Å². The van der Waals surface area contributed by atoms with Crippen LogP contribution in [0.4, 0.5) is 13.2 Å². The summed E-state index contributed by atoms with van der Waals surface area (Å²) in [5, 5.41) is 8.96. The van der Waals surface area contributed by atoms with Gasteiger partial charge in [0.1, 0.15) is 0 Å². The maximum atomic E-state index is 12.8. The van der Waals surface area contributed by atoms with Crippen molar-refractivity contribution >= 4 is 10.0 Å². The molecule has 114 valence electrons. The minimum atomic E-state index is -4.61. The zero-order valence-electron chi connectivity index (χ0n) is 11.3. The summed E-state index contributed by atoms with van der Waals surface area (Å²) < 4.78 is 63.6. The predicted octanol–water partition coefficient (Wildman–Crippen LogP) is 2.02. The minimum Gasteiger partial charge on any atom is -0.395 e. The summed E-state index contributed by atoms with van der Waals surface area (Å²) in [7, 11) is -2.86. The van der Waals surface area contributed by atoms with Crippen molar-refractivity contribution in [1.82, 2.24) is 4.31 Å². The second-order valence-electron chi connectivity index (χ2n) is 4.53. The molecule has 0 aliphatic carbocycles. The van der Waals surface area contributed by atoms with Crippen LogP contribution in [0.1, 0.15) is 18.1 Å². The van der Waals surface area contributed by atoms with Gasteiger partial charge in [-0.3, -0.25) is 0 Å². The lowest BCUT2D eigenvalue weighted by molar-refractivity contribution is -0.138. The Morgan fingerprint density at radius 1 is 1.35 bits per heavy atom. The van der Waals surface area contributed by atoms with Crippen LogP contribution >= 0.6 is 0 Å². The average molecular weight is 311 g/mol. The minimum absolute atomic E-state index is 0.0469. The van der Waals surface area contributed by atoms with E-state index in [1.807, 2.05) is 0 Å². The van der Waals surface area contributed by atoms with Crippen molar-refractivity contribution < 1.29 is 26.7 Å². The maximum Gasteiger partial charge on any atom is 0.416 e. The topological polar surface area (TPSA) is 57.6 Å². The molecule has 8 heteroatoms. The first-order valence-electron chi connectivity index (χ1n) is 5.78. The highest BCUT2D eigenvalue weighted by molar-refractivity contribution is 7.89. The van der Waals surface area contributed by atoms with E-state index in [0.717, 1.165) is 16.4 Å². The molecule has 0 radical (unpaired) electrons. The van der Waals surface area contributed by atoms with Gasteiger partial charge in [-0.2, -0.15) is 17.5 Å². The number of aryl methyl sites for hydroxylation is 1. The molecule has 4 nitrogen and oxygen atoms in total. The van der Waals surface area contributed by atoms with Gasteiger partial charge in [0.25, 0.3) is 0 Å². The summed E-state index contributed by atoms with van der Waals surface area (Å²) in [6.07, 6.45) is -4.61. The van der Waals surface area contributed by atoms with Crippen LogP contribution in [0.2, 0.25) is 0 Å². The quantitative estimate of drug-likeness (QED) is 0.925. The van der Waals surface area contributed by atoms with Crippen LogP contribution in [0.25, 0.3) is 0 Å². The maximum absolute atomic E-state index is 12.8. The standard InChI is InChI=1S/C12H16F3NO3S/c1-8-4-5-10(6-11(8)12(13,14)15)20(18,19)16(3)9(2)7-17/h4-6,9,17H,7H2,1-3H3. The van der Waals surface area contributed by atoms with E-state index in [-0.39, 0.29) is 5.56 Å². The zero-order chi connectivity index (χ0) is 15.7. The van der Waals surface area contributed by atoms with Gasteiger partial charge in [-0.1, -0.05) is 6.07 Å². The third-order valence-corrected chi connectivity index (χ3v) is 5.04. The summed E-state index contributed by atoms with van der Waals surface area (Å²) in [5.74, 6) is 0. The first-order valence-corrected chi connectivity index (χ1v) is 7.22. The number of aliphatic hydroxyl groups is 1. The average Bonchev–Trinajstić information content (AvgIpc) is 2.35. The number of hydrogen-bond acceptors (Lipinski definition) is 3. The number of alkyl halides is 3. The van der Waals surface area contributed by atoms with Gasteiger partial charge in [0, 0.05) is 13.1 Å². The third-order valence-electron chi connectivity index (χ3n) is 3.08. The van der Waals surface area contributed by atoms with Gasteiger partial charge >= 0.3 is 6.18 Å². The Morgan fingerprint density at radius 3 is 2.35 bits per heavy atom. The lowest BCUT2D eigenvalue weighted by Crippen LogP contribution is -2.37. The molecule has 0 bridgehead atoms. The van der Waals surface area contributed by atoms with E-state index < -0.39 is 39.3 Å². The molecule has 1 aromatic rings. The molecule has 1 unspecified atom stereocenters. The Kier molecular flexibility index (Phi) is 4.83. The molecular weight excluding hydrogens is 295 g/mol. The van der Waals surface area contributed by atoms with Crippen LogP contribution in [0.15, 0.2) is 23.1 Å². The van der Waals surface area contributed by atoms with Gasteiger partial charge in [0.2, 0.25) is 10.0 Å². The van der Waals surface area contributed by atoms with Gasteiger partial charge in [-0.15, -0.1) is 0 Å². The molecule has 0 saturated heterocycles. The summed E-state index contributed by atoms with van der Waals surface area (Å²) in [6, 6.07) is 2.13. The van der Waals surface area contributed by atoms with Gasteiger partial charge in [0.05, 0.1) is 17.1 Å². The van der Waals surface area contributed by atoms with E-state index in [1.54, 1.807) is 0 Å². The van der Waals surface area contributed by atoms with Gasteiger partial charge in [-0.25, -0.2) is 8.42 Å². The van der Waals surface area contributed by atoms with Crippen molar-refractivity contribution in [1.29, 1.82) is 0 Å². The highest BCUT2D eigenvalue weighted by Crippen LogP contribution is 2.33. The molecule has 1 N–H and O–H groups in total. The number of halogens is 3. The first-order chi connectivity index (χ1) is 9.01. The van der Waals surface area contributed by atoms with Crippen molar-refractivity contribution in [3.8, 4) is 0 Å². The number of rotatable bonds is 4. The molecule has 0 heterocycles. The van der Waals surface area contributed by atoms with Gasteiger partial charge < -0.3 is 5.11 Å². The summed E-state index contributed by atoms with van der Waals surface area (Å²) in [5.41, 5.74) is -1.03. The molecular formula is C12H16F3NO3S. The molecule has 0 saturated carbocycles. The van der Waals surface area contributed by atoms with Crippen LogP contribution in [0.3, 0.4) is 0 Å². The molecule has 0 aliphatic rings. The van der Waals surface area contributed by atoms with E-state index in [0.29, 0.717) is 6.07 Å². The Balaban J connectivity index is 3.34. The molecule has 0 aliphatic heterocycles. The first kappa shape index (κ1) is 16.9. The van der Waals surface area contributed by atoms with Crippen molar-refractivity contribution in [2.45, 2.75) is 31.0 Å². The van der Waals surface area contributed by atoms with Crippen molar-refractivity contribution in [2.24, 2.45) is 0 Å². The Hall–Kier alpha value is -1.12. The highest BCUT2D eigenvalue weighted by atomic mass is 32.2. The highest BCUT2D eigenvalue weighted by Gasteiger charge is 2.34. The number of likely N-dealkylation sites (N-methyl/N-ethyl adjacent to an activating group) is 1. The smallest absolute Gasteiger partial charge is 0.395 e. The number of benzene rings is 1. The van der Waals surface area contributed by atoms with Crippen molar-refractivity contribution in [2.75, 3.05) is 13.7 Å². The Bertz CT molecular complexity index is 584. The number of nitrogens with zero attached hydrogens (tertiary/aromatic N) is 1. The van der Waals surface area contributed by atoms with Crippen LogP contribution in [-0.4, -0.2) is 37.5 Å². The lowest BCUT2D eigenvalue weighted by Gasteiger charge is -2.23. The predicted molar refractivity (Wildman–Crippen MR) is 67.7 cm³/mol. The molecule has 0 spiro atoms. The second kappa shape index (κ2) is 5.71. The number of aliphatic hydroxyl groups excluding tert-OH is 1. The normalized spacial score (nSPS) is 14.6. The van der Waals surface area contributed by atoms with E-state index in [4.69, 9.17) is 5.11 Å². The Labute approximate surface area is 115 Å². The summed E-state index contributed by atoms with van der Waals surface area (Å²) in [6.45, 7) is 2.30. The Morgan fingerprint density at radius 2 is 1.90 bits per heavy atom. The molecule has 20 heavy (non-hydrogen) atoms. The lowest BCUT2D eigenvalue weighted by atomic mass is 10.1. The van der Waals surface area contributed by atoms with Crippen LogP contribution in [0, 0.1) is 6.92 Å². The number of hydrogen-bond donors (Lipinski definition) is 1. The van der Waals surface area contributed by atoms with Crippen LogP contribution in [0.5, 0.6) is 0 Å². The second-order valence-corrected chi connectivity index (χ2v) is 6.52. The molecule has 1 rings (SSSR count). The van der Waals surface area contributed by atoms with E-state index in [1.165, 1.54) is 20.9 Å². The summed E-state index contributed by atoms with van der Waals surface area (Å²) in [4.78, 5) is -0.446. The molecule has 0 amide bonds. The number of sulfonamides is 1. The zero-order valence-corrected chi connectivity index (χ0v) is 12.1. The van der Waals surface area contributed by atoms with E-state index in [9.17, 15) is 21.6 Å². The SMILES string of the molecule is Cc1ccc(S(=O)(=O)N(C)C(C)CO)cc1C(F)(F)F. The van der Waals surface area contributed by atoms with Crippen molar-refractivity contribution in [3.05, 3.63) is 29.3 Å². The molecule has 1 atom stereocenters.